The van der Waals surface area contributed by atoms with Crippen LogP contribution in [-0.2, 0) is 22.5 Å². The fourth-order valence-corrected chi connectivity index (χ4v) is 3.60. The number of fused-ring (bicyclic) bond motifs is 3. The number of hydrogen-bond acceptors (Lipinski definition) is 7. The number of amides is 1. The molecule has 156 valence electrons. The smallest absolute Gasteiger partial charge is 0.414 e. The average molecular weight is 411 g/mol. The maximum absolute atomic E-state index is 12.3. The third-order valence-corrected chi connectivity index (χ3v) is 5.00. The van der Waals surface area contributed by atoms with Gasteiger partial charge in [-0.1, -0.05) is 30.3 Å². The molecule has 0 fully saturated rings. The van der Waals surface area contributed by atoms with Crippen LogP contribution in [0.15, 0.2) is 46.9 Å². The lowest BCUT2D eigenvalue weighted by Crippen LogP contribution is -2.42. The molecule has 8 heteroatoms. The second-order valence-corrected chi connectivity index (χ2v) is 6.93. The van der Waals surface area contributed by atoms with Crippen molar-refractivity contribution < 1.29 is 33.3 Å². The number of esters is 1. The predicted octanol–water partition coefficient (Wildman–Crippen LogP) is 3.29. The molecule has 0 radical (unpaired) electrons. The highest BCUT2D eigenvalue weighted by Crippen LogP contribution is 2.41. The molecule has 2 aromatic carbocycles. The van der Waals surface area contributed by atoms with Gasteiger partial charge in [-0.2, -0.15) is 0 Å². The van der Waals surface area contributed by atoms with Crippen molar-refractivity contribution in [1.82, 2.24) is 0 Å². The first kappa shape index (κ1) is 19.8. The average Bonchev–Trinajstić information content (AvgIpc) is 3.23. The standard InChI is InChI=1S/C22H21NO7/c1-27-21(25)19-9-16-15-8-14(24)11-23(22(26)28-2)17(15)10-18(20(16)30-19)29-12-13-6-4-3-5-7-13/h3-7,9-10,14,24H,8,11-12H2,1-2H3. The maximum Gasteiger partial charge on any atom is 0.414 e. The van der Waals surface area contributed by atoms with Gasteiger partial charge < -0.3 is 23.7 Å². The Bertz CT molecular complexity index is 1090. The van der Waals surface area contributed by atoms with Crippen molar-refractivity contribution in [3.05, 3.63) is 59.4 Å². The number of β-amino-alcohol motifs (C(OH)–C–C–N with tert-alkyl or cyclic N) is 1. The number of furan rings is 1. The van der Waals surface area contributed by atoms with Crippen molar-refractivity contribution in [1.29, 1.82) is 0 Å². The first-order valence-corrected chi connectivity index (χ1v) is 9.39. The molecule has 1 atom stereocenters. The zero-order chi connectivity index (χ0) is 21.3. The highest BCUT2D eigenvalue weighted by Gasteiger charge is 2.32. The first-order chi connectivity index (χ1) is 14.5. The number of anilines is 1. The summed E-state index contributed by atoms with van der Waals surface area (Å²) in [5.41, 5.74) is 2.51. The summed E-state index contributed by atoms with van der Waals surface area (Å²) >= 11 is 0. The summed E-state index contributed by atoms with van der Waals surface area (Å²) in [5, 5.41) is 10.9. The third-order valence-electron chi connectivity index (χ3n) is 5.00. The van der Waals surface area contributed by atoms with Gasteiger partial charge in [0.05, 0.1) is 32.6 Å². The molecule has 1 aliphatic heterocycles. The Labute approximate surface area is 172 Å². The van der Waals surface area contributed by atoms with Crippen LogP contribution >= 0.6 is 0 Å². The minimum Gasteiger partial charge on any atom is -0.485 e. The molecule has 1 aromatic heterocycles. The number of aliphatic hydroxyl groups excluding tert-OH is 1. The summed E-state index contributed by atoms with van der Waals surface area (Å²) in [4.78, 5) is 25.7. The number of hydrogen-bond donors (Lipinski definition) is 1. The van der Waals surface area contributed by atoms with Crippen molar-refractivity contribution in [3.63, 3.8) is 0 Å². The molecule has 0 spiro atoms. The van der Waals surface area contributed by atoms with Crippen molar-refractivity contribution >= 4 is 28.7 Å². The topological polar surface area (TPSA) is 98.4 Å². The molecule has 4 rings (SSSR count). The Morgan fingerprint density at radius 2 is 1.93 bits per heavy atom. The van der Waals surface area contributed by atoms with Gasteiger partial charge >= 0.3 is 12.1 Å². The van der Waals surface area contributed by atoms with E-state index in [1.807, 2.05) is 30.3 Å². The van der Waals surface area contributed by atoms with E-state index in [9.17, 15) is 14.7 Å². The van der Waals surface area contributed by atoms with Crippen LogP contribution in [0.4, 0.5) is 10.5 Å². The van der Waals surface area contributed by atoms with Crippen molar-refractivity contribution in [2.75, 3.05) is 25.7 Å². The van der Waals surface area contributed by atoms with Crippen LogP contribution in [-0.4, -0.2) is 44.0 Å². The SMILES string of the molecule is COC(=O)c1cc2c3c(cc(OCc4ccccc4)c2o1)N(C(=O)OC)CC(O)C3. The molecular weight excluding hydrogens is 390 g/mol. The summed E-state index contributed by atoms with van der Waals surface area (Å²) in [6, 6.07) is 12.8. The molecule has 1 aliphatic rings. The molecular formula is C22H21NO7. The summed E-state index contributed by atoms with van der Waals surface area (Å²) in [6.45, 7) is 0.356. The highest BCUT2D eigenvalue weighted by atomic mass is 16.5. The monoisotopic (exact) mass is 411 g/mol. The van der Waals surface area contributed by atoms with Crippen LogP contribution in [0.3, 0.4) is 0 Å². The zero-order valence-corrected chi connectivity index (χ0v) is 16.6. The molecule has 3 aromatic rings. The van der Waals surface area contributed by atoms with Gasteiger partial charge in [0, 0.05) is 17.9 Å². The number of ether oxygens (including phenoxy) is 3. The quantitative estimate of drug-likeness (QED) is 0.658. The molecule has 0 saturated carbocycles. The van der Waals surface area contributed by atoms with Gasteiger partial charge in [0.15, 0.2) is 11.3 Å². The van der Waals surface area contributed by atoms with E-state index in [2.05, 4.69) is 0 Å². The number of carbonyl (C=O) groups is 2. The summed E-state index contributed by atoms with van der Waals surface area (Å²) in [6.07, 6.45) is -1.09. The van der Waals surface area contributed by atoms with E-state index in [0.29, 0.717) is 34.4 Å². The second-order valence-electron chi connectivity index (χ2n) is 6.93. The van der Waals surface area contributed by atoms with Gasteiger partial charge in [0.1, 0.15) is 6.61 Å². The molecule has 8 nitrogen and oxygen atoms in total. The van der Waals surface area contributed by atoms with Crippen LogP contribution in [0.25, 0.3) is 11.0 Å². The van der Waals surface area contributed by atoms with E-state index in [0.717, 1.165) is 5.56 Å². The Kier molecular flexibility index (Phi) is 5.33. The Balaban J connectivity index is 1.85. The molecule has 0 aliphatic carbocycles. The van der Waals surface area contributed by atoms with Gasteiger partial charge in [-0.05, 0) is 17.2 Å². The van der Waals surface area contributed by atoms with Crippen molar-refractivity contribution in [2.24, 2.45) is 0 Å². The lowest BCUT2D eigenvalue weighted by molar-refractivity contribution is 0.0567. The van der Waals surface area contributed by atoms with Gasteiger partial charge in [0.25, 0.3) is 0 Å². The minimum atomic E-state index is -0.785. The minimum absolute atomic E-state index is 0.00939. The molecule has 0 bridgehead atoms. The molecule has 2 heterocycles. The van der Waals surface area contributed by atoms with Gasteiger partial charge in [-0.15, -0.1) is 0 Å². The fraction of sp³-hybridized carbons (Fsp3) is 0.273. The van der Waals surface area contributed by atoms with E-state index in [1.165, 1.54) is 19.1 Å². The van der Waals surface area contributed by atoms with Crippen molar-refractivity contribution in [3.8, 4) is 5.75 Å². The van der Waals surface area contributed by atoms with Crippen LogP contribution < -0.4 is 9.64 Å². The molecule has 30 heavy (non-hydrogen) atoms. The Hall–Kier alpha value is -3.52. The summed E-state index contributed by atoms with van der Waals surface area (Å²) in [5.74, 6) is -0.252. The van der Waals surface area contributed by atoms with E-state index >= 15 is 0 Å². The molecule has 1 amide bonds. The number of aliphatic hydroxyl groups is 1. The number of methoxy groups -OCH3 is 2. The maximum atomic E-state index is 12.3. The number of nitrogens with zero attached hydrogens (tertiary/aromatic N) is 1. The predicted molar refractivity (Wildman–Crippen MR) is 108 cm³/mol. The number of rotatable bonds is 4. The van der Waals surface area contributed by atoms with Crippen LogP contribution in [0, 0.1) is 0 Å². The van der Waals surface area contributed by atoms with Crippen molar-refractivity contribution in [2.45, 2.75) is 19.1 Å². The van der Waals surface area contributed by atoms with E-state index in [-0.39, 0.29) is 18.9 Å². The lowest BCUT2D eigenvalue weighted by atomic mass is 9.96. The summed E-state index contributed by atoms with van der Waals surface area (Å²) in [7, 11) is 2.54. The summed E-state index contributed by atoms with van der Waals surface area (Å²) < 4.78 is 21.4. The van der Waals surface area contributed by atoms with Crippen LogP contribution in [0.1, 0.15) is 21.7 Å². The second kappa shape index (κ2) is 8.08. The van der Waals surface area contributed by atoms with E-state index in [1.54, 1.807) is 12.1 Å². The molecule has 0 saturated heterocycles. The Morgan fingerprint density at radius 3 is 2.63 bits per heavy atom. The molecule has 1 N–H and O–H groups in total. The zero-order valence-electron chi connectivity index (χ0n) is 16.6. The highest BCUT2D eigenvalue weighted by molar-refractivity contribution is 6.01. The van der Waals surface area contributed by atoms with Crippen LogP contribution in [0.5, 0.6) is 5.75 Å². The van der Waals surface area contributed by atoms with E-state index in [4.69, 9.17) is 18.6 Å². The van der Waals surface area contributed by atoms with Crippen LogP contribution in [0.2, 0.25) is 0 Å². The number of benzene rings is 2. The largest absolute Gasteiger partial charge is 0.485 e. The lowest BCUT2D eigenvalue weighted by Gasteiger charge is -2.32. The first-order valence-electron chi connectivity index (χ1n) is 9.39. The van der Waals surface area contributed by atoms with Gasteiger partial charge in [-0.25, -0.2) is 9.59 Å². The number of carbonyl (C=O) groups excluding carboxylic acids is 2. The van der Waals surface area contributed by atoms with E-state index < -0.39 is 18.2 Å². The van der Waals surface area contributed by atoms with Gasteiger partial charge in [0.2, 0.25) is 5.76 Å². The normalized spacial score (nSPS) is 15.6. The Morgan fingerprint density at radius 1 is 1.17 bits per heavy atom. The third kappa shape index (κ3) is 3.57. The van der Waals surface area contributed by atoms with Gasteiger partial charge in [-0.3, -0.25) is 4.90 Å². The fourth-order valence-electron chi connectivity index (χ4n) is 3.60. The molecule has 1 unspecified atom stereocenters.